The van der Waals surface area contributed by atoms with Gasteiger partial charge in [0.2, 0.25) is 0 Å². The molecule has 2 aliphatic carbocycles. The molecule has 0 unspecified atom stereocenters. The lowest BCUT2D eigenvalue weighted by atomic mass is 9.86. The predicted molar refractivity (Wildman–Crippen MR) is 173 cm³/mol. The molecular formula is C39H28S. The van der Waals surface area contributed by atoms with Gasteiger partial charge in [-0.3, -0.25) is 0 Å². The lowest BCUT2D eigenvalue weighted by molar-refractivity contribution is 0.996. The molecule has 0 amide bonds. The van der Waals surface area contributed by atoms with Crippen molar-refractivity contribution in [1.82, 2.24) is 0 Å². The average Bonchev–Trinajstić information content (AvgIpc) is 3.19. The maximum atomic E-state index is 3.34. The Morgan fingerprint density at radius 3 is 2.10 bits per heavy atom. The topological polar surface area (TPSA) is 0 Å². The highest BCUT2D eigenvalue weighted by molar-refractivity contribution is 7.19. The van der Waals surface area contributed by atoms with E-state index in [1.807, 2.05) is 17.4 Å². The Hall–Kier alpha value is -4.64. The molecule has 0 N–H and O–H groups in total. The van der Waals surface area contributed by atoms with Crippen LogP contribution in [-0.2, 0) is 6.42 Å². The SMILES string of the molecule is C1#CCC(c2cccc(-c3ccccc3)c2-c2sc(-c3ccccc3-c3ccccc3)c3c2CCC=C3)=CC=C1. The summed E-state index contributed by atoms with van der Waals surface area (Å²) < 4.78 is 0. The van der Waals surface area contributed by atoms with Gasteiger partial charge < -0.3 is 0 Å². The minimum Gasteiger partial charge on any atom is -0.134 e. The van der Waals surface area contributed by atoms with Crippen molar-refractivity contribution < 1.29 is 0 Å². The summed E-state index contributed by atoms with van der Waals surface area (Å²) in [4.78, 5) is 2.73. The second-order valence-electron chi connectivity index (χ2n) is 10.1. The van der Waals surface area contributed by atoms with E-state index in [1.165, 1.54) is 65.4 Å². The van der Waals surface area contributed by atoms with Crippen molar-refractivity contribution in [1.29, 1.82) is 0 Å². The van der Waals surface area contributed by atoms with Crippen molar-refractivity contribution in [2.75, 3.05) is 0 Å². The Balaban J connectivity index is 1.51. The van der Waals surface area contributed by atoms with Crippen molar-refractivity contribution >= 4 is 23.0 Å². The molecule has 0 spiro atoms. The largest absolute Gasteiger partial charge is 0.134 e. The van der Waals surface area contributed by atoms with Gasteiger partial charge in [0.25, 0.3) is 0 Å². The van der Waals surface area contributed by atoms with E-state index >= 15 is 0 Å². The van der Waals surface area contributed by atoms with Crippen molar-refractivity contribution in [3.05, 3.63) is 144 Å². The highest BCUT2D eigenvalue weighted by Crippen LogP contribution is 2.51. The molecule has 0 bridgehead atoms. The van der Waals surface area contributed by atoms with Crippen molar-refractivity contribution in [2.24, 2.45) is 0 Å². The van der Waals surface area contributed by atoms with Crippen molar-refractivity contribution in [2.45, 2.75) is 19.3 Å². The molecule has 2 aliphatic rings. The zero-order valence-electron chi connectivity index (χ0n) is 22.2. The lowest BCUT2D eigenvalue weighted by Crippen LogP contribution is -1.97. The third-order valence-electron chi connectivity index (χ3n) is 7.73. The zero-order chi connectivity index (χ0) is 26.7. The van der Waals surface area contributed by atoms with E-state index in [9.17, 15) is 0 Å². The van der Waals surface area contributed by atoms with E-state index in [2.05, 4.69) is 139 Å². The summed E-state index contributed by atoms with van der Waals surface area (Å²) in [5, 5.41) is 0. The fraction of sp³-hybridized carbons (Fsp3) is 0.0769. The Morgan fingerprint density at radius 2 is 1.30 bits per heavy atom. The Labute approximate surface area is 240 Å². The number of fused-ring (bicyclic) bond motifs is 1. The molecular weight excluding hydrogens is 500 g/mol. The van der Waals surface area contributed by atoms with Crippen LogP contribution in [0.3, 0.4) is 0 Å². The van der Waals surface area contributed by atoms with Gasteiger partial charge in [-0.05, 0) is 63.4 Å². The van der Waals surface area contributed by atoms with Crippen LogP contribution in [0.2, 0.25) is 0 Å². The highest BCUT2D eigenvalue weighted by Gasteiger charge is 2.26. The molecule has 0 atom stereocenters. The molecule has 5 aromatic rings. The summed E-state index contributed by atoms with van der Waals surface area (Å²) in [5.41, 5.74) is 13.1. The van der Waals surface area contributed by atoms with Crippen LogP contribution in [0.15, 0.2) is 127 Å². The molecule has 1 heterocycles. The Kier molecular flexibility index (Phi) is 6.62. The first-order chi connectivity index (χ1) is 19.9. The molecule has 0 saturated heterocycles. The van der Waals surface area contributed by atoms with E-state index in [1.54, 1.807) is 0 Å². The summed E-state index contributed by atoms with van der Waals surface area (Å²) >= 11 is 1.95. The van der Waals surface area contributed by atoms with Crippen LogP contribution in [0.25, 0.3) is 54.8 Å². The molecule has 0 radical (unpaired) electrons. The first kappa shape index (κ1) is 24.4. The standard InChI is InChI=1S/C39H28S/c1-2-6-19-29(18-5-1)32-26-15-27-33(30-20-9-4-10-21-30)37(32)39-36-25-14-13-24-35(36)38(40-39)34-23-12-11-22-31(34)28-16-7-3-8-17-28/h1,3-5,7-13,15-18,20-24,26-27H,14,19,25H2. The summed E-state index contributed by atoms with van der Waals surface area (Å²) in [6, 6.07) is 37.3. The second-order valence-corrected chi connectivity index (χ2v) is 11.2. The van der Waals surface area contributed by atoms with Gasteiger partial charge in [0.15, 0.2) is 0 Å². The van der Waals surface area contributed by atoms with E-state index in [0.29, 0.717) is 0 Å². The molecule has 0 aliphatic heterocycles. The number of allylic oxidation sites excluding steroid dienone is 5. The molecule has 0 nitrogen and oxygen atoms in total. The van der Waals surface area contributed by atoms with Gasteiger partial charge in [0, 0.05) is 27.3 Å². The van der Waals surface area contributed by atoms with Gasteiger partial charge in [-0.25, -0.2) is 0 Å². The van der Waals surface area contributed by atoms with Crippen LogP contribution in [0.4, 0.5) is 0 Å². The fourth-order valence-electron chi connectivity index (χ4n) is 5.87. The highest BCUT2D eigenvalue weighted by atomic mass is 32.1. The number of rotatable bonds is 5. The molecule has 7 rings (SSSR count). The van der Waals surface area contributed by atoms with Crippen LogP contribution < -0.4 is 0 Å². The maximum Gasteiger partial charge on any atom is 0.0430 e. The molecule has 4 aromatic carbocycles. The van der Waals surface area contributed by atoms with Gasteiger partial charge in [0.05, 0.1) is 0 Å². The third kappa shape index (κ3) is 4.47. The minimum atomic E-state index is 0.745. The van der Waals surface area contributed by atoms with E-state index < -0.39 is 0 Å². The molecule has 40 heavy (non-hydrogen) atoms. The first-order valence-electron chi connectivity index (χ1n) is 13.9. The van der Waals surface area contributed by atoms with Crippen LogP contribution >= 0.6 is 11.3 Å². The second kappa shape index (κ2) is 10.9. The number of thiophene rings is 1. The Bertz CT molecular complexity index is 1850. The van der Waals surface area contributed by atoms with E-state index in [-0.39, 0.29) is 0 Å². The van der Waals surface area contributed by atoms with Gasteiger partial charge in [0.1, 0.15) is 0 Å². The summed E-state index contributed by atoms with van der Waals surface area (Å²) in [7, 11) is 0. The van der Waals surface area contributed by atoms with Crippen LogP contribution in [0, 0.1) is 11.8 Å². The monoisotopic (exact) mass is 528 g/mol. The molecule has 0 saturated carbocycles. The lowest BCUT2D eigenvalue weighted by Gasteiger charge is -2.18. The normalized spacial score (nSPS) is 13.7. The van der Waals surface area contributed by atoms with E-state index in [4.69, 9.17) is 0 Å². The molecule has 190 valence electrons. The number of hydrogen-bond acceptors (Lipinski definition) is 1. The fourth-order valence-corrected chi connectivity index (χ4v) is 7.32. The maximum absolute atomic E-state index is 3.34. The van der Waals surface area contributed by atoms with Crippen molar-refractivity contribution in [3.63, 3.8) is 0 Å². The number of hydrogen-bond donors (Lipinski definition) is 0. The smallest absolute Gasteiger partial charge is 0.0430 e. The summed E-state index contributed by atoms with van der Waals surface area (Å²) in [6.07, 6.45) is 13.8. The minimum absolute atomic E-state index is 0.745. The van der Waals surface area contributed by atoms with Gasteiger partial charge in [-0.2, -0.15) is 0 Å². The van der Waals surface area contributed by atoms with Crippen molar-refractivity contribution in [3.8, 4) is 55.0 Å². The molecule has 1 aromatic heterocycles. The quantitative estimate of drug-likeness (QED) is 0.199. The van der Waals surface area contributed by atoms with Gasteiger partial charge in [-0.1, -0.05) is 139 Å². The van der Waals surface area contributed by atoms with Crippen LogP contribution in [0.1, 0.15) is 29.5 Å². The average molecular weight is 529 g/mol. The Morgan fingerprint density at radius 1 is 0.625 bits per heavy atom. The van der Waals surface area contributed by atoms with E-state index in [0.717, 1.165) is 19.3 Å². The van der Waals surface area contributed by atoms with Crippen LogP contribution in [0.5, 0.6) is 0 Å². The van der Waals surface area contributed by atoms with Gasteiger partial charge in [-0.15, -0.1) is 11.3 Å². The summed E-state index contributed by atoms with van der Waals surface area (Å²) in [5.74, 6) is 6.50. The third-order valence-corrected chi connectivity index (χ3v) is 9.03. The zero-order valence-corrected chi connectivity index (χ0v) is 23.0. The van der Waals surface area contributed by atoms with Gasteiger partial charge >= 0.3 is 0 Å². The number of benzene rings is 4. The summed E-state index contributed by atoms with van der Waals surface area (Å²) in [6.45, 7) is 0. The first-order valence-corrected chi connectivity index (χ1v) is 14.7. The predicted octanol–water partition coefficient (Wildman–Crippen LogP) is 10.7. The molecule has 1 heteroatoms. The van der Waals surface area contributed by atoms with Crippen LogP contribution in [-0.4, -0.2) is 0 Å². The molecule has 0 fully saturated rings.